The summed E-state index contributed by atoms with van der Waals surface area (Å²) in [6.07, 6.45) is 4.65. The number of nitrogens with zero attached hydrogens (tertiary/aromatic N) is 2. The maximum Gasteiger partial charge on any atom is 0.315 e. The molecule has 100 valence electrons. The number of carbonyl (C=O) groups is 1. The van der Waals surface area contributed by atoms with Gasteiger partial charge < -0.3 is 4.74 Å². The Morgan fingerprint density at radius 2 is 2.42 bits per heavy atom. The minimum absolute atomic E-state index is 0.139. The molecule has 0 saturated heterocycles. The summed E-state index contributed by atoms with van der Waals surface area (Å²) in [5.74, 6) is -0.326. The molecule has 0 spiro atoms. The van der Waals surface area contributed by atoms with Gasteiger partial charge in [0.2, 0.25) is 0 Å². The number of ether oxygens (including phenoxy) is 1. The number of aromatic nitrogens is 2. The van der Waals surface area contributed by atoms with Crippen LogP contribution in [0.15, 0.2) is 11.6 Å². The van der Waals surface area contributed by atoms with E-state index in [4.69, 9.17) is 4.74 Å². The molecule has 6 heteroatoms. The lowest BCUT2D eigenvalue weighted by molar-refractivity contribution is -0.145. The van der Waals surface area contributed by atoms with Crippen LogP contribution >= 0.6 is 22.7 Å². The molecule has 19 heavy (non-hydrogen) atoms. The molecular weight excluding hydrogens is 280 g/mol. The highest BCUT2D eigenvalue weighted by Crippen LogP contribution is 2.39. The van der Waals surface area contributed by atoms with Crippen LogP contribution in [0.25, 0.3) is 10.0 Å². The number of rotatable bonds is 3. The predicted octanol–water partition coefficient (Wildman–Crippen LogP) is 3.25. The fourth-order valence-corrected chi connectivity index (χ4v) is 4.16. The number of thiazole rings is 2. The largest absolute Gasteiger partial charge is 0.465 e. The van der Waals surface area contributed by atoms with Crippen molar-refractivity contribution in [2.45, 2.75) is 32.1 Å². The Hall–Kier alpha value is -1.27. The first-order valence-electron chi connectivity index (χ1n) is 6.35. The zero-order valence-electron chi connectivity index (χ0n) is 10.6. The maximum atomic E-state index is 12.0. The van der Waals surface area contributed by atoms with Crippen LogP contribution in [0.2, 0.25) is 0 Å². The van der Waals surface area contributed by atoms with E-state index in [1.807, 2.05) is 12.3 Å². The number of aryl methyl sites for hydroxylation is 1. The SMILES string of the molecule is CCOC(=O)C1CCCc2sc(-c3nccs3)nc21. The molecule has 2 heterocycles. The van der Waals surface area contributed by atoms with Gasteiger partial charge in [0.05, 0.1) is 12.3 Å². The van der Waals surface area contributed by atoms with Crippen LogP contribution in [0.3, 0.4) is 0 Å². The van der Waals surface area contributed by atoms with E-state index in [-0.39, 0.29) is 11.9 Å². The highest BCUT2D eigenvalue weighted by molar-refractivity contribution is 7.20. The average molecular weight is 294 g/mol. The number of hydrogen-bond donors (Lipinski definition) is 0. The average Bonchev–Trinajstić information content (AvgIpc) is 3.06. The third-order valence-corrected chi connectivity index (χ3v) is 5.19. The smallest absolute Gasteiger partial charge is 0.315 e. The van der Waals surface area contributed by atoms with Crippen LogP contribution in [0.1, 0.15) is 36.3 Å². The fraction of sp³-hybridized carbons (Fsp3) is 0.462. The third kappa shape index (κ3) is 2.42. The lowest BCUT2D eigenvalue weighted by Crippen LogP contribution is -2.20. The quantitative estimate of drug-likeness (QED) is 0.815. The van der Waals surface area contributed by atoms with E-state index >= 15 is 0 Å². The molecule has 0 N–H and O–H groups in total. The van der Waals surface area contributed by atoms with Crippen molar-refractivity contribution in [1.29, 1.82) is 0 Å². The summed E-state index contributed by atoms with van der Waals surface area (Å²) in [6.45, 7) is 2.26. The van der Waals surface area contributed by atoms with Gasteiger partial charge in [-0.15, -0.1) is 22.7 Å². The topological polar surface area (TPSA) is 52.1 Å². The first-order valence-corrected chi connectivity index (χ1v) is 8.05. The summed E-state index contributed by atoms with van der Waals surface area (Å²) in [7, 11) is 0. The minimum Gasteiger partial charge on any atom is -0.465 e. The fourth-order valence-electron chi connectivity index (χ4n) is 2.31. The van der Waals surface area contributed by atoms with E-state index in [0.29, 0.717) is 6.61 Å². The minimum atomic E-state index is -0.186. The van der Waals surface area contributed by atoms with Crippen molar-refractivity contribution in [3.63, 3.8) is 0 Å². The van der Waals surface area contributed by atoms with E-state index in [1.165, 1.54) is 4.88 Å². The molecule has 3 rings (SSSR count). The van der Waals surface area contributed by atoms with Gasteiger partial charge in [-0.3, -0.25) is 4.79 Å². The first kappa shape index (κ1) is 12.7. The molecule has 1 aliphatic carbocycles. The zero-order valence-corrected chi connectivity index (χ0v) is 12.2. The van der Waals surface area contributed by atoms with E-state index in [0.717, 1.165) is 35.0 Å². The van der Waals surface area contributed by atoms with Gasteiger partial charge in [-0.2, -0.15) is 0 Å². The Bertz CT molecular complexity index is 577. The van der Waals surface area contributed by atoms with Crippen molar-refractivity contribution >= 4 is 28.6 Å². The zero-order chi connectivity index (χ0) is 13.2. The molecular formula is C13H14N2O2S2. The van der Waals surface area contributed by atoms with Crippen LogP contribution in [0, 0.1) is 0 Å². The molecule has 0 saturated carbocycles. The summed E-state index contributed by atoms with van der Waals surface area (Å²) in [5, 5.41) is 3.80. The van der Waals surface area contributed by atoms with E-state index in [1.54, 1.807) is 28.9 Å². The molecule has 1 aliphatic rings. The number of hydrogen-bond acceptors (Lipinski definition) is 6. The van der Waals surface area contributed by atoms with E-state index in [9.17, 15) is 4.79 Å². The summed E-state index contributed by atoms with van der Waals surface area (Å²) in [6, 6.07) is 0. The van der Waals surface area contributed by atoms with Crippen LogP contribution < -0.4 is 0 Å². The molecule has 2 aromatic heterocycles. The molecule has 4 nitrogen and oxygen atoms in total. The van der Waals surface area contributed by atoms with Gasteiger partial charge in [-0.05, 0) is 26.2 Å². The molecule has 0 bridgehead atoms. The van der Waals surface area contributed by atoms with Gasteiger partial charge in [0.1, 0.15) is 5.92 Å². The van der Waals surface area contributed by atoms with Crippen LogP contribution in [-0.2, 0) is 16.0 Å². The molecule has 1 unspecified atom stereocenters. The Morgan fingerprint density at radius 1 is 1.53 bits per heavy atom. The number of esters is 1. The number of fused-ring (bicyclic) bond motifs is 1. The second-order valence-corrected chi connectivity index (χ2v) is 6.34. The van der Waals surface area contributed by atoms with Crippen molar-refractivity contribution in [3.05, 3.63) is 22.1 Å². The summed E-state index contributed by atoms with van der Waals surface area (Å²) >= 11 is 3.24. The summed E-state index contributed by atoms with van der Waals surface area (Å²) in [4.78, 5) is 22.1. The second kappa shape index (κ2) is 5.38. The van der Waals surface area contributed by atoms with Crippen LogP contribution in [0.4, 0.5) is 0 Å². The van der Waals surface area contributed by atoms with Gasteiger partial charge in [0, 0.05) is 16.5 Å². The summed E-state index contributed by atoms with van der Waals surface area (Å²) < 4.78 is 5.15. The third-order valence-electron chi connectivity index (χ3n) is 3.14. The Balaban J connectivity index is 1.94. The molecule has 0 radical (unpaired) electrons. The monoisotopic (exact) mass is 294 g/mol. The van der Waals surface area contributed by atoms with Crippen LogP contribution in [0.5, 0.6) is 0 Å². The molecule has 0 aliphatic heterocycles. The van der Waals surface area contributed by atoms with Gasteiger partial charge in [0.15, 0.2) is 10.0 Å². The van der Waals surface area contributed by atoms with Crippen LogP contribution in [-0.4, -0.2) is 22.5 Å². The van der Waals surface area contributed by atoms with Crippen molar-refractivity contribution in [1.82, 2.24) is 9.97 Å². The highest BCUT2D eigenvalue weighted by Gasteiger charge is 2.31. The first-order chi connectivity index (χ1) is 9.29. The lowest BCUT2D eigenvalue weighted by atomic mass is 9.91. The van der Waals surface area contributed by atoms with E-state index in [2.05, 4.69) is 9.97 Å². The standard InChI is InChI=1S/C13H14N2O2S2/c1-2-17-13(16)8-4-3-5-9-10(8)15-12(19-9)11-14-6-7-18-11/h6-8H,2-5H2,1H3. The second-order valence-electron chi connectivity index (χ2n) is 4.36. The van der Waals surface area contributed by atoms with E-state index < -0.39 is 0 Å². The molecule has 0 aromatic carbocycles. The summed E-state index contributed by atoms with van der Waals surface area (Å²) in [5.41, 5.74) is 0.917. The van der Waals surface area contributed by atoms with Gasteiger partial charge in [-0.1, -0.05) is 0 Å². The Labute approximate surface area is 119 Å². The molecule has 1 atom stereocenters. The van der Waals surface area contributed by atoms with Gasteiger partial charge >= 0.3 is 5.97 Å². The lowest BCUT2D eigenvalue weighted by Gasteiger charge is -2.19. The predicted molar refractivity (Wildman–Crippen MR) is 75.5 cm³/mol. The Morgan fingerprint density at radius 3 is 3.16 bits per heavy atom. The van der Waals surface area contributed by atoms with Crippen molar-refractivity contribution in [3.8, 4) is 10.0 Å². The van der Waals surface area contributed by atoms with Crippen molar-refractivity contribution < 1.29 is 9.53 Å². The molecule has 0 amide bonds. The van der Waals surface area contributed by atoms with Gasteiger partial charge in [-0.25, -0.2) is 9.97 Å². The van der Waals surface area contributed by atoms with Gasteiger partial charge in [0.25, 0.3) is 0 Å². The maximum absolute atomic E-state index is 12.0. The van der Waals surface area contributed by atoms with Crippen molar-refractivity contribution in [2.24, 2.45) is 0 Å². The highest BCUT2D eigenvalue weighted by atomic mass is 32.1. The molecule has 0 fully saturated rings. The normalized spacial score (nSPS) is 18.1. The number of carbonyl (C=O) groups excluding carboxylic acids is 1. The Kier molecular flexibility index (Phi) is 3.61. The van der Waals surface area contributed by atoms with Crippen molar-refractivity contribution in [2.75, 3.05) is 6.61 Å². The molecule has 2 aromatic rings.